The lowest BCUT2D eigenvalue weighted by molar-refractivity contribution is -0.139. The van der Waals surface area contributed by atoms with Crippen LogP contribution in [0.2, 0.25) is 0 Å². The van der Waals surface area contributed by atoms with Gasteiger partial charge in [0.15, 0.2) is 18.1 Å². The van der Waals surface area contributed by atoms with E-state index in [2.05, 4.69) is 6.07 Å². The van der Waals surface area contributed by atoms with Crippen molar-refractivity contribution in [2.75, 3.05) is 13.4 Å². The van der Waals surface area contributed by atoms with Gasteiger partial charge in [0.25, 0.3) is 0 Å². The van der Waals surface area contributed by atoms with Gasteiger partial charge in [-0.25, -0.2) is 4.79 Å². The quantitative estimate of drug-likeness (QED) is 0.672. The summed E-state index contributed by atoms with van der Waals surface area (Å²) in [6.45, 7) is -0.210. The molecular weight excluding hydrogens is 310 g/mol. The van der Waals surface area contributed by atoms with Crippen molar-refractivity contribution < 1.29 is 24.1 Å². The molecule has 0 fully saturated rings. The molecule has 0 unspecified atom stereocenters. The summed E-state index contributed by atoms with van der Waals surface area (Å²) in [4.78, 5) is 10.5. The lowest BCUT2D eigenvalue weighted by atomic mass is 10.0. The number of nitrogens with zero attached hydrogens (tertiary/aromatic N) is 1. The minimum atomic E-state index is -1.03. The zero-order valence-electron chi connectivity index (χ0n) is 12.6. The van der Waals surface area contributed by atoms with Crippen LogP contribution in [0.3, 0.4) is 0 Å². The van der Waals surface area contributed by atoms with Crippen molar-refractivity contribution in [2.45, 2.75) is 0 Å². The Morgan fingerprint density at radius 2 is 1.96 bits per heavy atom. The topological polar surface area (TPSA) is 88.8 Å². The van der Waals surface area contributed by atoms with Gasteiger partial charge in [0.2, 0.25) is 6.79 Å². The molecule has 2 aromatic rings. The number of rotatable bonds is 5. The van der Waals surface area contributed by atoms with Crippen molar-refractivity contribution in [2.24, 2.45) is 0 Å². The number of benzene rings is 2. The molecule has 1 heterocycles. The first kappa shape index (κ1) is 15.4. The molecule has 1 N–H and O–H groups in total. The summed E-state index contributed by atoms with van der Waals surface area (Å²) >= 11 is 0. The van der Waals surface area contributed by atoms with Crippen LogP contribution in [-0.4, -0.2) is 24.5 Å². The van der Waals surface area contributed by atoms with E-state index in [4.69, 9.17) is 19.3 Å². The van der Waals surface area contributed by atoms with E-state index < -0.39 is 12.6 Å². The average molecular weight is 323 g/mol. The molecule has 24 heavy (non-hydrogen) atoms. The van der Waals surface area contributed by atoms with Gasteiger partial charge in [-0.1, -0.05) is 12.1 Å². The molecule has 6 nitrogen and oxygen atoms in total. The maximum Gasteiger partial charge on any atom is 0.341 e. The van der Waals surface area contributed by atoms with Crippen LogP contribution >= 0.6 is 0 Å². The number of carboxylic acids is 1. The number of fused-ring (bicyclic) bond motifs is 1. The fourth-order valence-corrected chi connectivity index (χ4v) is 2.22. The molecule has 120 valence electrons. The van der Waals surface area contributed by atoms with Gasteiger partial charge in [-0.15, -0.1) is 0 Å². The van der Waals surface area contributed by atoms with E-state index in [1.165, 1.54) is 0 Å². The van der Waals surface area contributed by atoms with Crippen LogP contribution in [0.15, 0.2) is 42.5 Å². The highest BCUT2D eigenvalue weighted by Gasteiger charge is 2.14. The fourth-order valence-electron chi connectivity index (χ4n) is 2.22. The van der Waals surface area contributed by atoms with Crippen LogP contribution in [-0.2, 0) is 4.79 Å². The highest BCUT2D eigenvalue weighted by atomic mass is 16.7. The Kier molecular flexibility index (Phi) is 4.34. The summed E-state index contributed by atoms with van der Waals surface area (Å²) in [5.41, 5.74) is 2.01. The lowest BCUT2D eigenvalue weighted by Gasteiger charge is -2.04. The van der Waals surface area contributed by atoms with Crippen LogP contribution in [0.1, 0.15) is 11.1 Å². The van der Waals surface area contributed by atoms with E-state index in [-0.39, 0.29) is 6.79 Å². The summed E-state index contributed by atoms with van der Waals surface area (Å²) in [7, 11) is 0. The van der Waals surface area contributed by atoms with Gasteiger partial charge in [-0.05, 0) is 47.5 Å². The molecule has 0 atom stereocenters. The Bertz CT molecular complexity index is 833. The highest BCUT2D eigenvalue weighted by Crippen LogP contribution is 2.34. The number of carboxylic acid groups (broad SMARTS) is 1. The van der Waals surface area contributed by atoms with Crippen molar-refractivity contribution in [3.63, 3.8) is 0 Å². The molecular formula is C18H13NO5. The predicted octanol–water partition coefficient (Wildman–Crippen LogP) is 2.94. The summed E-state index contributed by atoms with van der Waals surface area (Å²) < 4.78 is 15.7. The van der Waals surface area contributed by atoms with Crippen molar-refractivity contribution in [1.82, 2.24) is 0 Å². The van der Waals surface area contributed by atoms with Crippen molar-refractivity contribution in [3.8, 4) is 23.3 Å². The van der Waals surface area contributed by atoms with E-state index in [9.17, 15) is 10.1 Å². The molecule has 1 aliphatic heterocycles. The van der Waals surface area contributed by atoms with Gasteiger partial charge in [0.1, 0.15) is 5.75 Å². The standard InChI is InChI=1S/C18H13NO5/c19-9-14(13-3-6-16-17(8-13)24-11-23-16)7-12-1-4-15(5-2-12)22-10-18(20)21/h1-8H,10-11H2,(H,20,21)/b14-7-. The molecule has 0 aromatic heterocycles. The molecule has 0 bridgehead atoms. The molecule has 0 aliphatic carbocycles. The second-order valence-corrected chi connectivity index (χ2v) is 4.99. The molecule has 0 radical (unpaired) electrons. The van der Waals surface area contributed by atoms with E-state index in [0.717, 1.165) is 11.1 Å². The van der Waals surface area contributed by atoms with Crippen molar-refractivity contribution in [1.29, 1.82) is 5.26 Å². The zero-order valence-corrected chi connectivity index (χ0v) is 12.6. The molecule has 3 rings (SSSR count). The number of allylic oxidation sites excluding steroid dienone is 1. The molecule has 6 heteroatoms. The van der Waals surface area contributed by atoms with Gasteiger partial charge < -0.3 is 19.3 Å². The molecule has 0 saturated carbocycles. The van der Waals surface area contributed by atoms with E-state index in [1.54, 1.807) is 48.5 Å². The Hall–Kier alpha value is -3.46. The largest absolute Gasteiger partial charge is 0.482 e. The summed E-state index contributed by atoms with van der Waals surface area (Å²) in [6, 6.07) is 14.3. The number of carbonyl (C=O) groups is 1. The lowest BCUT2D eigenvalue weighted by Crippen LogP contribution is -2.09. The number of aliphatic carboxylic acids is 1. The Labute approximate surface area is 138 Å². The zero-order chi connectivity index (χ0) is 16.9. The van der Waals surface area contributed by atoms with E-state index in [0.29, 0.717) is 22.8 Å². The van der Waals surface area contributed by atoms with Crippen LogP contribution in [0.5, 0.6) is 17.2 Å². The third-order valence-corrected chi connectivity index (χ3v) is 3.36. The first-order valence-electron chi connectivity index (χ1n) is 7.12. The molecule has 0 spiro atoms. The minimum Gasteiger partial charge on any atom is -0.482 e. The Balaban J connectivity index is 1.80. The van der Waals surface area contributed by atoms with E-state index >= 15 is 0 Å². The van der Waals surface area contributed by atoms with Crippen LogP contribution in [0.4, 0.5) is 0 Å². The van der Waals surface area contributed by atoms with Gasteiger partial charge >= 0.3 is 5.97 Å². The molecule has 1 aliphatic rings. The van der Waals surface area contributed by atoms with Gasteiger partial charge in [-0.2, -0.15) is 5.26 Å². The molecule has 0 amide bonds. The summed E-state index contributed by atoms with van der Waals surface area (Å²) in [5.74, 6) is 0.701. The third-order valence-electron chi connectivity index (χ3n) is 3.36. The van der Waals surface area contributed by atoms with Crippen molar-refractivity contribution >= 4 is 17.6 Å². The van der Waals surface area contributed by atoms with Crippen molar-refractivity contribution in [3.05, 3.63) is 53.6 Å². The first-order chi connectivity index (χ1) is 11.7. The normalized spacial score (nSPS) is 12.5. The molecule has 2 aromatic carbocycles. The first-order valence-corrected chi connectivity index (χ1v) is 7.12. The number of hydrogen-bond donors (Lipinski definition) is 1. The maximum absolute atomic E-state index is 10.5. The highest BCUT2D eigenvalue weighted by molar-refractivity contribution is 5.90. The van der Waals surface area contributed by atoms with Crippen LogP contribution in [0.25, 0.3) is 11.6 Å². The fraction of sp³-hybridized carbons (Fsp3) is 0.111. The third kappa shape index (κ3) is 3.47. The van der Waals surface area contributed by atoms with Gasteiger partial charge in [-0.3, -0.25) is 0 Å². The number of ether oxygens (including phenoxy) is 3. The maximum atomic E-state index is 10.5. The summed E-state index contributed by atoms with van der Waals surface area (Å²) in [5, 5.41) is 18.0. The number of nitriles is 1. The Morgan fingerprint density at radius 1 is 1.21 bits per heavy atom. The second kappa shape index (κ2) is 6.75. The average Bonchev–Trinajstić information content (AvgIpc) is 3.06. The molecule has 0 saturated heterocycles. The SMILES string of the molecule is N#C/C(=C/c1ccc(OCC(=O)O)cc1)c1ccc2c(c1)OCO2. The monoisotopic (exact) mass is 323 g/mol. The minimum absolute atomic E-state index is 0.183. The van der Waals surface area contributed by atoms with Gasteiger partial charge in [0.05, 0.1) is 11.6 Å². The predicted molar refractivity (Wildman–Crippen MR) is 85.6 cm³/mol. The van der Waals surface area contributed by atoms with Crippen LogP contribution in [0, 0.1) is 11.3 Å². The second-order valence-electron chi connectivity index (χ2n) is 4.99. The Morgan fingerprint density at radius 3 is 2.67 bits per heavy atom. The number of hydrogen-bond acceptors (Lipinski definition) is 5. The summed E-state index contributed by atoms with van der Waals surface area (Å²) in [6.07, 6.45) is 1.73. The van der Waals surface area contributed by atoms with Crippen LogP contribution < -0.4 is 14.2 Å². The van der Waals surface area contributed by atoms with Gasteiger partial charge in [0, 0.05) is 0 Å². The van der Waals surface area contributed by atoms with E-state index in [1.807, 2.05) is 0 Å². The smallest absolute Gasteiger partial charge is 0.341 e.